The van der Waals surface area contributed by atoms with Gasteiger partial charge in [0, 0.05) is 19.3 Å². The van der Waals surface area contributed by atoms with Gasteiger partial charge in [-0.05, 0) is 33.1 Å². The van der Waals surface area contributed by atoms with E-state index in [-0.39, 0.29) is 6.10 Å². The highest BCUT2D eigenvalue weighted by Crippen LogP contribution is 2.19. The molecule has 0 amide bonds. The van der Waals surface area contributed by atoms with Crippen LogP contribution < -0.4 is 0 Å². The lowest BCUT2D eigenvalue weighted by atomic mass is 10.1. The molecule has 0 N–H and O–H groups in total. The Hall–Kier alpha value is 0.447. The van der Waals surface area contributed by atoms with E-state index in [1.165, 1.54) is 0 Å². The Bertz CT molecular complexity index is 161. The van der Waals surface area contributed by atoms with E-state index in [1.54, 1.807) is 0 Å². The van der Waals surface area contributed by atoms with Crippen LogP contribution in [0.3, 0.4) is 0 Å². The summed E-state index contributed by atoms with van der Waals surface area (Å²) >= 11 is 4.41. The van der Waals surface area contributed by atoms with Crippen molar-refractivity contribution >= 4 is 20.0 Å². The fourth-order valence-electron chi connectivity index (χ4n) is 1.44. The van der Waals surface area contributed by atoms with E-state index in [2.05, 4.69) is 25.9 Å². The van der Waals surface area contributed by atoms with Crippen LogP contribution in [0.5, 0.6) is 0 Å². The molecule has 3 nitrogen and oxygen atoms in total. The predicted octanol–water partition coefficient (Wildman–Crippen LogP) is 2.88. The van der Waals surface area contributed by atoms with Crippen LogP contribution in [0, 0.1) is 5.92 Å². The second-order valence-electron chi connectivity index (χ2n) is 3.95. The zero-order valence-corrected chi connectivity index (χ0v) is 12.3. The Labute approximate surface area is 99.9 Å². The normalized spacial score (nSPS) is 14.6. The van der Waals surface area contributed by atoms with Gasteiger partial charge in [0.25, 0.3) is 0 Å². The average molecular weight is 252 g/mol. The van der Waals surface area contributed by atoms with Crippen LogP contribution >= 0.6 is 12.1 Å². The Kier molecular flexibility index (Phi) is 7.91. The molecule has 0 saturated heterocycles. The van der Waals surface area contributed by atoms with Gasteiger partial charge in [0.2, 0.25) is 0 Å². The minimum Gasteiger partial charge on any atom is -0.366 e. The fourth-order valence-corrected chi connectivity index (χ4v) is 4.31. The van der Waals surface area contributed by atoms with Crippen molar-refractivity contribution < 1.29 is 13.3 Å². The Balaban J connectivity index is 4.14. The summed E-state index contributed by atoms with van der Waals surface area (Å²) in [5.74, 6) is 0.606. The molecule has 0 radical (unpaired) electrons. The quantitative estimate of drug-likeness (QED) is 0.532. The van der Waals surface area contributed by atoms with Gasteiger partial charge in [0.05, 0.1) is 0 Å². The minimum atomic E-state index is -2.68. The number of hydrogen-bond acceptors (Lipinski definition) is 4. The molecule has 0 saturated carbocycles. The van der Waals surface area contributed by atoms with Crippen molar-refractivity contribution in [3.63, 3.8) is 0 Å². The van der Waals surface area contributed by atoms with Gasteiger partial charge in [0.1, 0.15) is 0 Å². The smallest absolute Gasteiger partial charge is 0.366 e. The van der Waals surface area contributed by atoms with Gasteiger partial charge in [-0.25, -0.2) is 0 Å². The van der Waals surface area contributed by atoms with Crippen molar-refractivity contribution in [3.05, 3.63) is 0 Å². The predicted molar refractivity (Wildman–Crippen MR) is 68.0 cm³/mol. The summed E-state index contributed by atoms with van der Waals surface area (Å²) in [6.45, 7) is 11.4. The molecule has 1 atom stereocenters. The largest absolute Gasteiger partial charge is 0.570 e. The zero-order valence-electron chi connectivity index (χ0n) is 10.4. The molecule has 0 aliphatic carbocycles. The van der Waals surface area contributed by atoms with Gasteiger partial charge >= 0.3 is 7.95 Å². The molecule has 0 aromatic heterocycles. The minimum absolute atomic E-state index is 0.132. The van der Waals surface area contributed by atoms with E-state index in [0.717, 1.165) is 6.42 Å². The molecule has 0 heterocycles. The van der Waals surface area contributed by atoms with Crippen molar-refractivity contribution in [3.8, 4) is 0 Å². The van der Waals surface area contributed by atoms with Gasteiger partial charge in [-0.2, -0.15) is 0 Å². The first-order chi connectivity index (χ1) is 6.93. The third-order valence-electron chi connectivity index (χ3n) is 1.81. The highest BCUT2D eigenvalue weighted by molar-refractivity contribution is 8.11. The van der Waals surface area contributed by atoms with E-state index >= 15 is 0 Å². The molecule has 0 aliphatic rings. The Morgan fingerprint density at radius 1 is 1.07 bits per heavy atom. The second kappa shape index (κ2) is 7.68. The van der Waals surface area contributed by atoms with Crippen LogP contribution in [0.1, 0.15) is 41.0 Å². The first-order valence-corrected chi connectivity index (χ1v) is 8.63. The van der Waals surface area contributed by atoms with Crippen LogP contribution in [0.25, 0.3) is 0 Å². The van der Waals surface area contributed by atoms with E-state index in [9.17, 15) is 0 Å². The molecule has 0 aromatic rings. The summed E-state index contributed by atoms with van der Waals surface area (Å²) in [4.78, 5) is 0. The van der Waals surface area contributed by atoms with Gasteiger partial charge < -0.3 is 13.3 Å². The van der Waals surface area contributed by atoms with Crippen LogP contribution in [0.4, 0.5) is 0 Å². The molecule has 5 heteroatoms. The van der Waals surface area contributed by atoms with Crippen LogP contribution in [-0.2, 0) is 13.3 Å². The van der Waals surface area contributed by atoms with Gasteiger partial charge in [-0.1, -0.05) is 13.8 Å². The summed E-state index contributed by atoms with van der Waals surface area (Å²) < 4.78 is 16.7. The van der Waals surface area contributed by atoms with Gasteiger partial charge in [0.15, 0.2) is 0 Å². The highest BCUT2D eigenvalue weighted by Gasteiger charge is 2.38. The molecule has 0 rings (SSSR count). The maximum atomic E-state index is 5.79. The van der Waals surface area contributed by atoms with Crippen molar-refractivity contribution in [2.45, 2.75) is 47.1 Å². The number of rotatable bonds is 8. The third kappa shape index (κ3) is 7.35. The third-order valence-corrected chi connectivity index (χ3v) is 4.90. The standard InChI is InChI=1S/C10H24O3SSi/c1-6-11-15(14,12-7-2)13-10(5)8-9(3)4/h9-10,14H,6-8H2,1-5H3. The topological polar surface area (TPSA) is 27.7 Å². The lowest BCUT2D eigenvalue weighted by Gasteiger charge is -2.27. The highest BCUT2D eigenvalue weighted by atomic mass is 32.3. The number of hydrogen-bond donors (Lipinski definition) is 1. The molecule has 0 bridgehead atoms. The monoisotopic (exact) mass is 252 g/mol. The SMILES string of the molecule is CCO[Si](S)(OCC)OC(C)CC(C)C. The van der Waals surface area contributed by atoms with Crippen molar-refractivity contribution in [1.82, 2.24) is 0 Å². The first kappa shape index (κ1) is 15.4. The fraction of sp³-hybridized carbons (Fsp3) is 1.00. The number of thiol groups is 1. The van der Waals surface area contributed by atoms with Gasteiger partial charge in [-0.15, -0.1) is 12.1 Å². The van der Waals surface area contributed by atoms with E-state index < -0.39 is 7.95 Å². The summed E-state index contributed by atoms with van der Waals surface area (Å²) in [5.41, 5.74) is 0. The molecule has 15 heavy (non-hydrogen) atoms. The zero-order chi connectivity index (χ0) is 11.9. The summed E-state index contributed by atoms with van der Waals surface area (Å²) in [6.07, 6.45) is 1.13. The molecule has 92 valence electrons. The second-order valence-corrected chi connectivity index (χ2v) is 7.45. The van der Waals surface area contributed by atoms with Crippen molar-refractivity contribution in [2.24, 2.45) is 5.92 Å². The summed E-state index contributed by atoms with van der Waals surface area (Å²) in [6, 6.07) is 0. The van der Waals surface area contributed by atoms with E-state index in [1.807, 2.05) is 20.8 Å². The maximum Gasteiger partial charge on any atom is 0.570 e. The van der Waals surface area contributed by atoms with Gasteiger partial charge in [-0.3, -0.25) is 0 Å². The maximum absolute atomic E-state index is 5.79. The molecule has 0 aromatic carbocycles. The molecular weight excluding hydrogens is 228 g/mol. The molecule has 0 spiro atoms. The molecular formula is C10H24O3SSi. The van der Waals surface area contributed by atoms with Crippen LogP contribution in [0.2, 0.25) is 0 Å². The molecule has 1 unspecified atom stereocenters. The molecule has 0 fully saturated rings. The van der Waals surface area contributed by atoms with Crippen molar-refractivity contribution in [2.75, 3.05) is 13.2 Å². The Morgan fingerprint density at radius 3 is 1.87 bits per heavy atom. The summed E-state index contributed by atoms with van der Waals surface area (Å²) in [5, 5.41) is 0. The lowest BCUT2D eigenvalue weighted by Crippen LogP contribution is -2.43. The molecule has 0 aliphatic heterocycles. The van der Waals surface area contributed by atoms with Crippen molar-refractivity contribution in [1.29, 1.82) is 0 Å². The lowest BCUT2D eigenvalue weighted by molar-refractivity contribution is 0.0538. The average Bonchev–Trinajstić information content (AvgIpc) is 2.01. The Morgan fingerprint density at radius 2 is 1.53 bits per heavy atom. The van der Waals surface area contributed by atoms with Crippen LogP contribution in [-0.4, -0.2) is 27.3 Å². The van der Waals surface area contributed by atoms with Crippen LogP contribution in [0.15, 0.2) is 0 Å². The first-order valence-electron chi connectivity index (χ1n) is 5.61. The van der Waals surface area contributed by atoms with E-state index in [4.69, 9.17) is 13.3 Å². The summed E-state index contributed by atoms with van der Waals surface area (Å²) in [7, 11) is -2.68. The van der Waals surface area contributed by atoms with E-state index in [0.29, 0.717) is 19.1 Å².